The number of nitrogens with one attached hydrogen (secondary N) is 1. The lowest BCUT2D eigenvalue weighted by Gasteiger charge is -2.13. The average molecular weight is 279 g/mol. The van der Waals surface area contributed by atoms with Gasteiger partial charge in [-0.1, -0.05) is 32.3 Å². The predicted molar refractivity (Wildman–Crippen MR) is 80.7 cm³/mol. The van der Waals surface area contributed by atoms with Crippen LogP contribution in [0, 0.1) is 5.92 Å². The SMILES string of the molecule is CCCNC(CC)Cc1nc(C2CCC(CC)C2)no1. The highest BCUT2D eigenvalue weighted by Crippen LogP contribution is 2.38. The second-order valence-electron chi connectivity index (χ2n) is 6.09. The van der Waals surface area contributed by atoms with Gasteiger partial charge in [-0.05, 0) is 44.6 Å². The quantitative estimate of drug-likeness (QED) is 0.788. The molecule has 3 atom stereocenters. The number of nitrogens with zero attached hydrogens (tertiary/aromatic N) is 2. The van der Waals surface area contributed by atoms with Crippen molar-refractivity contribution in [1.29, 1.82) is 0 Å². The molecule has 0 aliphatic heterocycles. The van der Waals surface area contributed by atoms with Crippen LogP contribution in [-0.2, 0) is 6.42 Å². The molecule has 0 bridgehead atoms. The summed E-state index contributed by atoms with van der Waals surface area (Å²) in [6, 6.07) is 0.454. The maximum Gasteiger partial charge on any atom is 0.228 e. The highest BCUT2D eigenvalue weighted by Gasteiger charge is 2.28. The van der Waals surface area contributed by atoms with Crippen LogP contribution < -0.4 is 5.32 Å². The van der Waals surface area contributed by atoms with E-state index in [-0.39, 0.29) is 0 Å². The minimum atomic E-state index is 0.454. The van der Waals surface area contributed by atoms with Crippen molar-refractivity contribution in [3.05, 3.63) is 11.7 Å². The zero-order valence-electron chi connectivity index (χ0n) is 13.2. The van der Waals surface area contributed by atoms with E-state index in [1.54, 1.807) is 0 Å². The molecule has 1 aromatic heterocycles. The summed E-state index contributed by atoms with van der Waals surface area (Å²) in [5.41, 5.74) is 0. The maximum absolute atomic E-state index is 5.46. The van der Waals surface area contributed by atoms with Crippen LogP contribution in [0.25, 0.3) is 0 Å². The first-order valence-corrected chi connectivity index (χ1v) is 8.32. The van der Waals surface area contributed by atoms with Crippen molar-refractivity contribution in [1.82, 2.24) is 15.5 Å². The maximum atomic E-state index is 5.46. The Bertz CT molecular complexity index is 391. The first-order valence-electron chi connectivity index (χ1n) is 8.32. The topological polar surface area (TPSA) is 51.0 Å². The Morgan fingerprint density at radius 1 is 1.30 bits per heavy atom. The Hall–Kier alpha value is -0.900. The number of hydrogen-bond acceptors (Lipinski definition) is 4. The monoisotopic (exact) mass is 279 g/mol. The highest BCUT2D eigenvalue weighted by atomic mass is 16.5. The van der Waals surface area contributed by atoms with Crippen molar-refractivity contribution in [2.24, 2.45) is 5.92 Å². The summed E-state index contributed by atoms with van der Waals surface area (Å²) in [6.45, 7) is 7.72. The third-order valence-corrected chi connectivity index (χ3v) is 4.56. The van der Waals surface area contributed by atoms with Gasteiger partial charge in [0.1, 0.15) is 0 Å². The molecule has 0 amide bonds. The van der Waals surface area contributed by atoms with E-state index in [0.717, 1.165) is 43.4 Å². The molecule has 3 unspecified atom stereocenters. The van der Waals surface area contributed by atoms with E-state index in [4.69, 9.17) is 4.52 Å². The molecule has 1 heterocycles. The summed E-state index contributed by atoms with van der Waals surface area (Å²) in [5.74, 6) is 3.13. The summed E-state index contributed by atoms with van der Waals surface area (Å²) in [7, 11) is 0. The van der Waals surface area contributed by atoms with E-state index >= 15 is 0 Å². The van der Waals surface area contributed by atoms with E-state index in [1.165, 1.54) is 25.7 Å². The van der Waals surface area contributed by atoms with Crippen molar-refractivity contribution in [3.63, 3.8) is 0 Å². The lowest BCUT2D eigenvalue weighted by Crippen LogP contribution is -2.31. The molecular formula is C16H29N3O. The minimum Gasteiger partial charge on any atom is -0.339 e. The van der Waals surface area contributed by atoms with E-state index in [1.807, 2.05) is 0 Å². The van der Waals surface area contributed by atoms with Crippen LogP contribution in [0.2, 0.25) is 0 Å². The van der Waals surface area contributed by atoms with E-state index in [9.17, 15) is 0 Å². The van der Waals surface area contributed by atoms with Crippen LogP contribution in [0.1, 0.15) is 76.9 Å². The Kier molecular flexibility index (Phi) is 6.02. The van der Waals surface area contributed by atoms with Gasteiger partial charge in [0.2, 0.25) is 5.89 Å². The Balaban J connectivity index is 1.88. The molecule has 4 heteroatoms. The van der Waals surface area contributed by atoms with Gasteiger partial charge in [-0.15, -0.1) is 0 Å². The third-order valence-electron chi connectivity index (χ3n) is 4.56. The zero-order chi connectivity index (χ0) is 14.4. The molecule has 4 nitrogen and oxygen atoms in total. The van der Waals surface area contributed by atoms with Gasteiger partial charge in [-0.2, -0.15) is 4.98 Å². The van der Waals surface area contributed by atoms with Gasteiger partial charge in [0.05, 0.1) is 0 Å². The van der Waals surface area contributed by atoms with Gasteiger partial charge in [0.25, 0.3) is 0 Å². The Morgan fingerprint density at radius 3 is 2.80 bits per heavy atom. The third kappa shape index (κ3) is 4.05. The molecule has 1 saturated carbocycles. The first kappa shape index (κ1) is 15.5. The molecule has 1 aromatic rings. The normalized spacial score (nSPS) is 24.1. The van der Waals surface area contributed by atoms with Gasteiger partial charge in [-0.3, -0.25) is 0 Å². The van der Waals surface area contributed by atoms with Gasteiger partial charge >= 0.3 is 0 Å². The minimum absolute atomic E-state index is 0.454. The molecule has 0 saturated heterocycles. The summed E-state index contributed by atoms with van der Waals surface area (Å²) in [4.78, 5) is 4.64. The summed E-state index contributed by atoms with van der Waals surface area (Å²) >= 11 is 0. The number of aromatic nitrogens is 2. The largest absolute Gasteiger partial charge is 0.339 e. The lowest BCUT2D eigenvalue weighted by molar-refractivity contribution is 0.347. The smallest absolute Gasteiger partial charge is 0.228 e. The van der Waals surface area contributed by atoms with Gasteiger partial charge in [0.15, 0.2) is 5.82 Å². The molecule has 20 heavy (non-hydrogen) atoms. The molecular weight excluding hydrogens is 250 g/mol. The predicted octanol–water partition coefficient (Wildman–Crippen LogP) is 3.68. The number of rotatable bonds is 8. The highest BCUT2D eigenvalue weighted by molar-refractivity contribution is 5.00. The fourth-order valence-electron chi connectivity index (χ4n) is 3.12. The molecule has 114 valence electrons. The molecule has 1 fully saturated rings. The summed E-state index contributed by atoms with van der Waals surface area (Å²) in [6.07, 6.45) is 8.17. The van der Waals surface area contributed by atoms with Crippen molar-refractivity contribution >= 4 is 0 Å². The second kappa shape index (κ2) is 7.77. The van der Waals surface area contributed by atoms with Crippen LogP contribution in [0.3, 0.4) is 0 Å². The fraction of sp³-hybridized carbons (Fsp3) is 0.875. The van der Waals surface area contributed by atoms with E-state index in [2.05, 4.69) is 36.2 Å². The molecule has 1 aliphatic rings. The fourth-order valence-corrected chi connectivity index (χ4v) is 3.12. The molecule has 0 aromatic carbocycles. The van der Waals surface area contributed by atoms with E-state index < -0.39 is 0 Å². The van der Waals surface area contributed by atoms with Gasteiger partial charge < -0.3 is 9.84 Å². The zero-order valence-corrected chi connectivity index (χ0v) is 13.2. The Morgan fingerprint density at radius 2 is 2.15 bits per heavy atom. The lowest BCUT2D eigenvalue weighted by atomic mass is 10.0. The van der Waals surface area contributed by atoms with Crippen LogP contribution >= 0.6 is 0 Å². The van der Waals surface area contributed by atoms with E-state index in [0.29, 0.717) is 12.0 Å². The van der Waals surface area contributed by atoms with Gasteiger partial charge in [-0.25, -0.2) is 0 Å². The molecule has 2 rings (SSSR count). The second-order valence-corrected chi connectivity index (χ2v) is 6.09. The van der Waals surface area contributed by atoms with Gasteiger partial charge in [0, 0.05) is 18.4 Å². The molecule has 0 radical (unpaired) electrons. The number of hydrogen-bond donors (Lipinski definition) is 1. The average Bonchev–Trinajstić information content (AvgIpc) is 3.11. The van der Waals surface area contributed by atoms with Crippen LogP contribution in [0.5, 0.6) is 0 Å². The summed E-state index contributed by atoms with van der Waals surface area (Å²) < 4.78 is 5.46. The van der Waals surface area contributed by atoms with Crippen molar-refractivity contribution in [3.8, 4) is 0 Å². The first-order chi connectivity index (χ1) is 9.76. The molecule has 1 N–H and O–H groups in total. The molecule has 1 aliphatic carbocycles. The summed E-state index contributed by atoms with van der Waals surface area (Å²) in [5, 5.41) is 7.76. The Labute approximate surface area is 122 Å². The van der Waals surface area contributed by atoms with Crippen molar-refractivity contribution < 1.29 is 4.52 Å². The standard InChI is InChI=1S/C16H29N3O/c1-4-9-17-14(6-3)11-15-18-16(19-20-15)13-8-7-12(5-2)10-13/h12-14,17H,4-11H2,1-3H3. The van der Waals surface area contributed by atoms with Crippen molar-refractivity contribution in [2.45, 2.75) is 77.7 Å². The molecule has 0 spiro atoms. The van der Waals surface area contributed by atoms with Crippen LogP contribution in [-0.4, -0.2) is 22.7 Å². The van der Waals surface area contributed by atoms with Crippen LogP contribution in [0.15, 0.2) is 4.52 Å². The van der Waals surface area contributed by atoms with Crippen molar-refractivity contribution in [2.75, 3.05) is 6.54 Å². The van der Waals surface area contributed by atoms with Crippen LogP contribution in [0.4, 0.5) is 0 Å².